The fourth-order valence-electron chi connectivity index (χ4n) is 1.89. The molecule has 2 aromatic carbocycles. The first-order chi connectivity index (χ1) is 9.75. The van der Waals surface area contributed by atoms with Gasteiger partial charge in [-0.1, -0.05) is 64.1 Å². The highest BCUT2D eigenvalue weighted by Gasteiger charge is 1.99. The molecule has 2 aromatic rings. The minimum Gasteiger partial charge on any atom is -0.508 e. The van der Waals surface area contributed by atoms with Crippen molar-refractivity contribution in [2.45, 2.75) is 19.8 Å². The van der Waals surface area contributed by atoms with Gasteiger partial charge in [0.05, 0.1) is 0 Å². The fourth-order valence-corrected chi connectivity index (χ4v) is 3.97. The van der Waals surface area contributed by atoms with E-state index in [0.29, 0.717) is 5.75 Å². The Morgan fingerprint density at radius 2 is 1.50 bits per heavy atom. The fraction of sp³-hybridized carbons (Fsp3) is 0.294. The maximum atomic E-state index is 9.65. The van der Waals surface area contributed by atoms with Gasteiger partial charge >= 0.3 is 0 Å². The molecule has 3 heteroatoms. The lowest BCUT2D eigenvalue weighted by Gasteiger charge is -2.04. The average Bonchev–Trinajstić information content (AvgIpc) is 2.47. The molecule has 0 fully saturated rings. The third-order valence-electron chi connectivity index (χ3n) is 3.15. The lowest BCUT2D eigenvalue weighted by molar-refractivity contribution is 0.470. The second-order valence-electron chi connectivity index (χ2n) is 4.75. The van der Waals surface area contributed by atoms with Gasteiger partial charge in [0, 0.05) is 11.5 Å². The van der Waals surface area contributed by atoms with E-state index >= 15 is 0 Å². The molecule has 0 amide bonds. The van der Waals surface area contributed by atoms with Crippen molar-refractivity contribution in [3.8, 4) is 5.75 Å². The van der Waals surface area contributed by atoms with E-state index in [1.54, 1.807) is 0 Å². The molecule has 0 bridgehead atoms. The molecule has 0 spiro atoms. The summed E-state index contributed by atoms with van der Waals surface area (Å²) in [5.41, 5.74) is 3.56. The molecule has 0 atom stereocenters. The number of phenolic OH excluding ortho intramolecular Hbond substituents is 1. The first kappa shape index (κ1) is 15.3. The van der Waals surface area contributed by atoms with E-state index in [4.69, 9.17) is 0 Å². The van der Waals surface area contributed by atoms with Crippen molar-refractivity contribution >= 4 is 21.6 Å². The average molecular weight is 304 g/mol. The minimum atomic E-state index is 0.407. The molecule has 0 aliphatic rings. The molecule has 0 saturated heterocycles. The Kier molecular flexibility index (Phi) is 6.34. The third kappa shape index (κ3) is 5.14. The molecule has 0 aliphatic heterocycles. The highest BCUT2D eigenvalue weighted by molar-refractivity contribution is 8.76. The summed E-state index contributed by atoms with van der Waals surface area (Å²) in [6.07, 6.45) is 2.14. The van der Waals surface area contributed by atoms with Crippen LogP contribution in [0, 0.1) is 6.92 Å². The zero-order chi connectivity index (χ0) is 14.2. The number of aryl methyl sites for hydroxylation is 3. The monoisotopic (exact) mass is 304 g/mol. The largest absolute Gasteiger partial charge is 0.508 e. The van der Waals surface area contributed by atoms with Crippen LogP contribution in [-0.2, 0) is 12.8 Å². The SMILES string of the molecule is Cc1ccc(CCSSCCc2ccccc2)cc1O. The molecule has 1 N–H and O–H groups in total. The van der Waals surface area contributed by atoms with Gasteiger partial charge in [-0.25, -0.2) is 0 Å². The second-order valence-corrected chi connectivity index (χ2v) is 7.45. The summed E-state index contributed by atoms with van der Waals surface area (Å²) < 4.78 is 0. The topological polar surface area (TPSA) is 20.2 Å². The summed E-state index contributed by atoms with van der Waals surface area (Å²) in [4.78, 5) is 0. The molecule has 0 aromatic heterocycles. The van der Waals surface area contributed by atoms with Gasteiger partial charge in [-0.05, 0) is 42.5 Å². The summed E-state index contributed by atoms with van der Waals surface area (Å²) in [7, 11) is 3.84. The number of hydrogen-bond acceptors (Lipinski definition) is 3. The standard InChI is InChI=1S/C17H20OS2/c1-14-7-8-16(13-17(14)18)10-12-20-19-11-9-15-5-3-2-4-6-15/h2-8,13,18H,9-12H2,1H3. The van der Waals surface area contributed by atoms with E-state index in [1.165, 1.54) is 11.1 Å². The maximum absolute atomic E-state index is 9.65. The van der Waals surface area contributed by atoms with E-state index in [1.807, 2.05) is 40.6 Å². The number of benzene rings is 2. The molecule has 0 radical (unpaired) electrons. The van der Waals surface area contributed by atoms with Crippen LogP contribution in [0.3, 0.4) is 0 Å². The van der Waals surface area contributed by atoms with Gasteiger partial charge in [-0.3, -0.25) is 0 Å². The van der Waals surface area contributed by atoms with Gasteiger partial charge in [0.1, 0.15) is 5.75 Å². The van der Waals surface area contributed by atoms with Gasteiger partial charge in [-0.15, -0.1) is 0 Å². The number of rotatable bonds is 7. The van der Waals surface area contributed by atoms with Gasteiger partial charge < -0.3 is 5.11 Å². The summed E-state index contributed by atoms with van der Waals surface area (Å²) in [5.74, 6) is 2.64. The van der Waals surface area contributed by atoms with Crippen LogP contribution >= 0.6 is 21.6 Å². The van der Waals surface area contributed by atoms with Crippen LogP contribution in [0.1, 0.15) is 16.7 Å². The van der Waals surface area contributed by atoms with E-state index in [-0.39, 0.29) is 0 Å². The minimum absolute atomic E-state index is 0.407. The predicted molar refractivity (Wildman–Crippen MR) is 91.6 cm³/mol. The van der Waals surface area contributed by atoms with Crippen molar-refractivity contribution < 1.29 is 5.11 Å². The summed E-state index contributed by atoms with van der Waals surface area (Å²) in [6.45, 7) is 1.92. The van der Waals surface area contributed by atoms with Crippen LogP contribution in [0.4, 0.5) is 0 Å². The van der Waals surface area contributed by atoms with E-state index < -0.39 is 0 Å². The molecule has 0 heterocycles. The Labute approximate surface area is 129 Å². The number of hydrogen-bond donors (Lipinski definition) is 1. The van der Waals surface area contributed by atoms with E-state index in [2.05, 4.69) is 36.4 Å². The van der Waals surface area contributed by atoms with Crippen LogP contribution in [-0.4, -0.2) is 16.6 Å². The van der Waals surface area contributed by atoms with Crippen molar-refractivity contribution in [2.24, 2.45) is 0 Å². The highest BCUT2D eigenvalue weighted by Crippen LogP contribution is 2.24. The van der Waals surface area contributed by atoms with Gasteiger partial charge in [0.2, 0.25) is 0 Å². The quantitative estimate of drug-likeness (QED) is 0.582. The highest BCUT2D eigenvalue weighted by atomic mass is 33.1. The first-order valence-electron chi connectivity index (χ1n) is 6.82. The molecular formula is C17H20OS2. The molecule has 2 rings (SSSR count). The summed E-state index contributed by atoms with van der Waals surface area (Å²) in [5, 5.41) is 9.65. The first-order valence-corrected chi connectivity index (χ1v) is 9.31. The van der Waals surface area contributed by atoms with Crippen molar-refractivity contribution in [1.82, 2.24) is 0 Å². The van der Waals surface area contributed by atoms with Crippen LogP contribution < -0.4 is 0 Å². The van der Waals surface area contributed by atoms with E-state index in [0.717, 1.165) is 29.9 Å². The molecule has 0 saturated carbocycles. The van der Waals surface area contributed by atoms with Crippen molar-refractivity contribution in [3.63, 3.8) is 0 Å². The Morgan fingerprint density at radius 1 is 0.850 bits per heavy atom. The lowest BCUT2D eigenvalue weighted by Crippen LogP contribution is -1.89. The van der Waals surface area contributed by atoms with Crippen molar-refractivity contribution in [1.29, 1.82) is 0 Å². The zero-order valence-electron chi connectivity index (χ0n) is 11.7. The normalized spacial score (nSPS) is 10.7. The van der Waals surface area contributed by atoms with Crippen LogP contribution in [0.2, 0.25) is 0 Å². The summed E-state index contributed by atoms with van der Waals surface area (Å²) in [6, 6.07) is 16.6. The summed E-state index contributed by atoms with van der Waals surface area (Å²) >= 11 is 0. The van der Waals surface area contributed by atoms with Crippen molar-refractivity contribution in [3.05, 3.63) is 65.2 Å². The molecule has 0 unspecified atom stereocenters. The second kappa shape index (κ2) is 8.28. The zero-order valence-corrected chi connectivity index (χ0v) is 13.3. The Morgan fingerprint density at radius 3 is 2.15 bits per heavy atom. The van der Waals surface area contributed by atoms with Crippen LogP contribution in [0.5, 0.6) is 5.75 Å². The van der Waals surface area contributed by atoms with E-state index in [9.17, 15) is 5.11 Å². The van der Waals surface area contributed by atoms with Crippen molar-refractivity contribution in [2.75, 3.05) is 11.5 Å². The smallest absolute Gasteiger partial charge is 0.118 e. The molecule has 106 valence electrons. The van der Waals surface area contributed by atoms with Crippen LogP contribution in [0.15, 0.2) is 48.5 Å². The lowest BCUT2D eigenvalue weighted by atomic mass is 10.1. The molecular weight excluding hydrogens is 284 g/mol. The van der Waals surface area contributed by atoms with Crippen LogP contribution in [0.25, 0.3) is 0 Å². The predicted octanol–water partition coefficient (Wildman–Crippen LogP) is 4.87. The Bertz CT molecular complexity index is 526. The number of phenols is 1. The molecule has 20 heavy (non-hydrogen) atoms. The van der Waals surface area contributed by atoms with Gasteiger partial charge in [-0.2, -0.15) is 0 Å². The maximum Gasteiger partial charge on any atom is 0.118 e. The van der Waals surface area contributed by atoms with Gasteiger partial charge in [0.15, 0.2) is 0 Å². The number of aromatic hydroxyl groups is 1. The van der Waals surface area contributed by atoms with Gasteiger partial charge in [0.25, 0.3) is 0 Å². The third-order valence-corrected chi connectivity index (χ3v) is 5.56. The Balaban J connectivity index is 1.61. The Hall–Kier alpha value is -1.06. The molecule has 0 aliphatic carbocycles. The molecule has 1 nitrogen and oxygen atoms in total.